The van der Waals surface area contributed by atoms with Gasteiger partial charge in [-0.25, -0.2) is 15.0 Å². The summed E-state index contributed by atoms with van der Waals surface area (Å²) in [6, 6.07) is 5.79. The lowest BCUT2D eigenvalue weighted by atomic mass is 9.97. The van der Waals surface area contributed by atoms with Crippen LogP contribution >= 0.6 is 0 Å². The Bertz CT molecular complexity index is 707. The van der Waals surface area contributed by atoms with Gasteiger partial charge in [0, 0.05) is 49.9 Å². The van der Waals surface area contributed by atoms with Gasteiger partial charge in [0.15, 0.2) is 0 Å². The smallest absolute Gasteiger partial charge is 0.225 e. The minimum Gasteiger partial charge on any atom is -0.477 e. The van der Waals surface area contributed by atoms with Gasteiger partial charge in [-0.2, -0.15) is 0 Å². The molecule has 2 aromatic rings. The lowest BCUT2D eigenvalue weighted by molar-refractivity contribution is 0.134. The van der Waals surface area contributed by atoms with E-state index in [1.807, 2.05) is 30.6 Å². The third kappa shape index (κ3) is 5.19. The zero-order valence-electron chi connectivity index (χ0n) is 16.8. The second-order valence-corrected chi connectivity index (χ2v) is 8.26. The zero-order chi connectivity index (χ0) is 19.2. The Kier molecular flexibility index (Phi) is 6.37. The number of pyridine rings is 1. The highest BCUT2D eigenvalue weighted by Gasteiger charge is 2.21. The highest BCUT2D eigenvalue weighted by molar-refractivity contribution is 5.30. The largest absolute Gasteiger partial charge is 0.477 e. The summed E-state index contributed by atoms with van der Waals surface area (Å²) in [6.07, 6.45) is 10.6. The molecule has 2 saturated heterocycles. The first kappa shape index (κ1) is 19.1. The van der Waals surface area contributed by atoms with Gasteiger partial charge < -0.3 is 9.64 Å². The molecule has 0 N–H and O–H groups in total. The molecule has 0 aliphatic carbocycles. The predicted molar refractivity (Wildman–Crippen MR) is 110 cm³/mol. The van der Waals surface area contributed by atoms with Gasteiger partial charge in [0.25, 0.3) is 0 Å². The average molecular weight is 382 g/mol. The van der Waals surface area contributed by atoms with Crippen LogP contribution in [0, 0.1) is 11.8 Å². The van der Waals surface area contributed by atoms with E-state index in [1.54, 1.807) is 6.20 Å². The number of likely N-dealkylation sites (tertiary alicyclic amines) is 1. The van der Waals surface area contributed by atoms with Crippen molar-refractivity contribution >= 4 is 5.95 Å². The molecule has 6 heteroatoms. The summed E-state index contributed by atoms with van der Waals surface area (Å²) in [6.45, 7) is 8.38. The molecular formula is C22H31N5O. The van der Waals surface area contributed by atoms with Crippen LogP contribution in [0.3, 0.4) is 0 Å². The van der Waals surface area contributed by atoms with Crippen molar-refractivity contribution in [3.8, 4) is 5.88 Å². The van der Waals surface area contributed by atoms with Crippen molar-refractivity contribution in [1.29, 1.82) is 0 Å². The Labute approximate surface area is 168 Å². The van der Waals surface area contributed by atoms with Crippen molar-refractivity contribution in [3.05, 3.63) is 42.4 Å². The number of rotatable bonds is 6. The van der Waals surface area contributed by atoms with E-state index in [4.69, 9.17) is 4.74 Å². The maximum Gasteiger partial charge on any atom is 0.225 e. The number of hydrogen-bond acceptors (Lipinski definition) is 6. The van der Waals surface area contributed by atoms with E-state index in [0.29, 0.717) is 5.92 Å². The van der Waals surface area contributed by atoms with Crippen molar-refractivity contribution in [1.82, 2.24) is 19.9 Å². The first-order valence-electron chi connectivity index (χ1n) is 10.6. The lowest BCUT2D eigenvalue weighted by Gasteiger charge is -2.32. The average Bonchev–Trinajstić information content (AvgIpc) is 2.75. The molecule has 28 heavy (non-hydrogen) atoms. The topological polar surface area (TPSA) is 54.4 Å². The molecule has 0 unspecified atom stereocenters. The van der Waals surface area contributed by atoms with Crippen LogP contribution in [0.5, 0.6) is 5.88 Å². The van der Waals surface area contributed by atoms with Crippen LogP contribution in [0.2, 0.25) is 0 Å². The van der Waals surface area contributed by atoms with E-state index in [-0.39, 0.29) is 0 Å². The van der Waals surface area contributed by atoms with Crippen LogP contribution < -0.4 is 9.64 Å². The molecule has 6 nitrogen and oxygen atoms in total. The molecule has 150 valence electrons. The van der Waals surface area contributed by atoms with Crippen LogP contribution in [0.25, 0.3) is 0 Å². The van der Waals surface area contributed by atoms with Crippen LogP contribution in [-0.2, 0) is 6.54 Å². The molecule has 0 bridgehead atoms. The van der Waals surface area contributed by atoms with Crippen molar-refractivity contribution in [2.75, 3.05) is 37.7 Å². The molecule has 0 saturated carbocycles. The molecule has 2 aliphatic rings. The van der Waals surface area contributed by atoms with Gasteiger partial charge in [0.1, 0.15) is 0 Å². The van der Waals surface area contributed by atoms with Crippen molar-refractivity contribution < 1.29 is 4.74 Å². The summed E-state index contributed by atoms with van der Waals surface area (Å²) in [5.41, 5.74) is 1.21. The highest BCUT2D eigenvalue weighted by Crippen LogP contribution is 2.22. The number of hydrogen-bond donors (Lipinski definition) is 0. The number of ether oxygens (including phenoxy) is 1. The Balaban J connectivity index is 1.20. The van der Waals surface area contributed by atoms with E-state index < -0.39 is 0 Å². The van der Waals surface area contributed by atoms with E-state index >= 15 is 0 Å². The number of nitrogens with zero attached hydrogens (tertiary/aromatic N) is 5. The number of piperidine rings is 2. The second-order valence-electron chi connectivity index (χ2n) is 8.26. The maximum atomic E-state index is 5.82. The molecule has 0 radical (unpaired) electrons. The fourth-order valence-electron chi connectivity index (χ4n) is 4.01. The maximum absolute atomic E-state index is 5.82. The summed E-state index contributed by atoms with van der Waals surface area (Å²) in [7, 11) is 0. The number of anilines is 1. The van der Waals surface area contributed by atoms with E-state index in [9.17, 15) is 0 Å². The minimum absolute atomic E-state index is 0.610. The normalized spacial score (nSPS) is 19.7. The van der Waals surface area contributed by atoms with Crippen LogP contribution in [0.15, 0.2) is 36.8 Å². The molecule has 4 rings (SSSR count). The van der Waals surface area contributed by atoms with Crippen molar-refractivity contribution in [2.45, 2.75) is 39.2 Å². The molecule has 0 aromatic carbocycles. The van der Waals surface area contributed by atoms with E-state index in [0.717, 1.165) is 69.9 Å². The summed E-state index contributed by atoms with van der Waals surface area (Å²) in [4.78, 5) is 18.3. The Morgan fingerprint density at radius 1 is 0.964 bits per heavy atom. The summed E-state index contributed by atoms with van der Waals surface area (Å²) in [5.74, 6) is 3.05. The van der Waals surface area contributed by atoms with Crippen LogP contribution in [-0.4, -0.2) is 52.6 Å². The van der Waals surface area contributed by atoms with Gasteiger partial charge >= 0.3 is 0 Å². The monoisotopic (exact) mass is 381 g/mol. The second kappa shape index (κ2) is 9.32. The molecular weight excluding hydrogens is 350 g/mol. The molecule has 2 aromatic heterocycles. The standard InChI is InChI=1S/C22H31N5O/c1-18-5-12-27(13-6-18)22-24-14-20(15-25-22)16-26-10-7-19(8-11-26)17-28-21-4-2-3-9-23-21/h2-4,9,14-15,18-19H,5-8,10-13,16-17H2,1H3. The molecule has 2 fully saturated rings. The van der Waals surface area contributed by atoms with Crippen molar-refractivity contribution in [2.24, 2.45) is 11.8 Å². The van der Waals surface area contributed by atoms with E-state index in [2.05, 4.69) is 31.7 Å². The third-order valence-electron chi connectivity index (χ3n) is 5.98. The van der Waals surface area contributed by atoms with Crippen LogP contribution in [0.1, 0.15) is 38.2 Å². The number of aromatic nitrogens is 3. The third-order valence-corrected chi connectivity index (χ3v) is 5.98. The van der Waals surface area contributed by atoms with Gasteiger partial charge in [-0.15, -0.1) is 0 Å². The quantitative estimate of drug-likeness (QED) is 0.764. The molecule has 0 amide bonds. The summed E-state index contributed by atoms with van der Waals surface area (Å²) < 4.78 is 5.82. The van der Waals surface area contributed by atoms with Gasteiger partial charge in [-0.3, -0.25) is 4.90 Å². The molecule has 2 aliphatic heterocycles. The zero-order valence-corrected chi connectivity index (χ0v) is 16.8. The van der Waals surface area contributed by atoms with E-state index in [1.165, 1.54) is 18.4 Å². The summed E-state index contributed by atoms with van der Waals surface area (Å²) >= 11 is 0. The highest BCUT2D eigenvalue weighted by atomic mass is 16.5. The predicted octanol–water partition coefficient (Wildman–Crippen LogP) is 3.40. The molecule has 0 spiro atoms. The molecule has 4 heterocycles. The van der Waals surface area contributed by atoms with Gasteiger partial charge in [0.2, 0.25) is 11.8 Å². The fraction of sp³-hybridized carbons (Fsp3) is 0.591. The Hall–Kier alpha value is -2.21. The summed E-state index contributed by atoms with van der Waals surface area (Å²) in [5, 5.41) is 0. The van der Waals surface area contributed by atoms with Crippen LogP contribution in [0.4, 0.5) is 5.95 Å². The van der Waals surface area contributed by atoms with Gasteiger partial charge in [-0.05, 0) is 56.7 Å². The SMILES string of the molecule is CC1CCN(c2ncc(CN3CCC(COc4ccccn4)CC3)cn2)CC1. The van der Waals surface area contributed by atoms with Crippen molar-refractivity contribution in [3.63, 3.8) is 0 Å². The molecule has 0 atom stereocenters. The van der Waals surface area contributed by atoms with Gasteiger partial charge in [0.05, 0.1) is 6.61 Å². The first-order valence-corrected chi connectivity index (χ1v) is 10.6. The minimum atomic E-state index is 0.610. The van der Waals surface area contributed by atoms with Gasteiger partial charge in [-0.1, -0.05) is 13.0 Å². The fourth-order valence-corrected chi connectivity index (χ4v) is 4.01. The lowest BCUT2D eigenvalue weighted by Crippen LogP contribution is -2.35. The Morgan fingerprint density at radius 3 is 2.39 bits per heavy atom. The Morgan fingerprint density at radius 2 is 1.71 bits per heavy atom. The first-order chi connectivity index (χ1) is 13.8.